The first-order valence-corrected chi connectivity index (χ1v) is 7.18. The third-order valence-corrected chi connectivity index (χ3v) is 3.68. The van der Waals surface area contributed by atoms with Crippen molar-refractivity contribution in [3.63, 3.8) is 0 Å². The fourth-order valence-electron chi connectivity index (χ4n) is 1.89. The lowest BCUT2D eigenvalue weighted by Gasteiger charge is -2.09. The first kappa shape index (κ1) is 15.5. The normalized spacial score (nSPS) is 10.4. The van der Waals surface area contributed by atoms with Crippen molar-refractivity contribution >= 4 is 21.6 Å². The molecule has 5 nitrogen and oxygen atoms in total. The summed E-state index contributed by atoms with van der Waals surface area (Å²) >= 11 is 3.48. The van der Waals surface area contributed by atoms with E-state index in [0.29, 0.717) is 6.61 Å². The SMILES string of the molecule is CNCc1cc(OCc2cccc([N+](=O)[O-])c2)ccc1Br. The van der Waals surface area contributed by atoms with Crippen LogP contribution in [0.25, 0.3) is 0 Å². The first-order valence-electron chi connectivity index (χ1n) is 6.39. The topological polar surface area (TPSA) is 64.4 Å². The molecule has 0 aromatic heterocycles. The number of hydrogen-bond acceptors (Lipinski definition) is 4. The Hall–Kier alpha value is -1.92. The zero-order chi connectivity index (χ0) is 15.2. The van der Waals surface area contributed by atoms with Crippen molar-refractivity contribution in [3.8, 4) is 5.75 Å². The molecule has 0 heterocycles. The van der Waals surface area contributed by atoms with E-state index < -0.39 is 4.92 Å². The molecule has 0 aliphatic heterocycles. The Kier molecular flexibility index (Phi) is 5.30. The molecule has 0 radical (unpaired) electrons. The molecule has 2 aromatic rings. The van der Waals surface area contributed by atoms with E-state index in [2.05, 4.69) is 21.2 Å². The number of ether oxygens (including phenoxy) is 1. The van der Waals surface area contributed by atoms with Gasteiger partial charge in [-0.3, -0.25) is 10.1 Å². The summed E-state index contributed by atoms with van der Waals surface area (Å²) in [7, 11) is 1.88. The minimum absolute atomic E-state index is 0.0720. The Balaban J connectivity index is 2.07. The zero-order valence-electron chi connectivity index (χ0n) is 11.5. The average molecular weight is 351 g/mol. The molecule has 0 aliphatic rings. The van der Waals surface area contributed by atoms with Gasteiger partial charge in [0.2, 0.25) is 0 Å². The molecule has 0 spiro atoms. The summed E-state index contributed by atoms with van der Waals surface area (Å²) in [5, 5.41) is 13.8. The number of benzene rings is 2. The molecule has 2 aromatic carbocycles. The smallest absolute Gasteiger partial charge is 0.269 e. The molecule has 0 saturated heterocycles. The Labute approximate surface area is 131 Å². The maximum absolute atomic E-state index is 10.7. The van der Waals surface area contributed by atoms with Gasteiger partial charge in [-0.25, -0.2) is 0 Å². The van der Waals surface area contributed by atoms with Gasteiger partial charge in [0.25, 0.3) is 5.69 Å². The molecule has 0 saturated carbocycles. The Morgan fingerprint density at radius 1 is 1.29 bits per heavy atom. The highest BCUT2D eigenvalue weighted by atomic mass is 79.9. The van der Waals surface area contributed by atoms with Gasteiger partial charge in [0, 0.05) is 23.2 Å². The van der Waals surface area contributed by atoms with E-state index in [1.54, 1.807) is 12.1 Å². The van der Waals surface area contributed by atoms with Crippen LogP contribution in [-0.2, 0) is 13.2 Å². The average Bonchev–Trinajstić information content (AvgIpc) is 2.48. The zero-order valence-corrected chi connectivity index (χ0v) is 13.1. The fourth-order valence-corrected chi connectivity index (χ4v) is 2.28. The van der Waals surface area contributed by atoms with E-state index in [1.807, 2.05) is 25.2 Å². The molecular weight excluding hydrogens is 336 g/mol. The number of rotatable bonds is 6. The van der Waals surface area contributed by atoms with Gasteiger partial charge in [0.1, 0.15) is 12.4 Å². The molecule has 0 bridgehead atoms. The van der Waals surface area contributed by atoms with Gasteiger partial charge in [-0.2, -0.15) is 0 Å². The predicted octanol–water partition coefficient (Wildman–Crippen LogP) is 3.66. The monoisotopic (exact) mass is 350 g/mol. The summed E-state index contributed by atoms with van der Waals surface area (Å²) in [6.07, 6.45) is 0. The summed E-state index contributed by atoms with van der Waals surface area (Å²) in [6.45, 7) is 1.02. The van der Waals surface area contributed by atoms with Crippen LogP contribution in [-0.4, -0.2) is 12.0 Å². The summed E-state index contributed by atoms with van der Waals surface area (Å²) < 4.78 is 6.71. The second kappa shape index (κ2) is 7.19. The van der Waals surface area contributed by atoms with E-state index in [1.165, 1.54) is 12.1 Å². The number of halogens is 1. The van der Waals surface area contributed by atoms with E-state index >= 15 is 0 Å². The van der Waals surface area contributed by atoms with Crippen LogP contribution in [0, 0.1) is 10.1 Å². The second-order valence-corrected chi connectivity index (χ2v) is 5.35. The standard InChI is InChI=1S/C15H15BrN2O3/c1-17-9-12-8-14(5-6-15(12)16)21-10-11-3-2-4-13(7-11)18(19)20/h2-8,17H,9-10H2,1H3. The number of nitrogens with one attached hydrogen (secondary N) is 1. The number of nitro groups is 1. The van der Waals surface area contributed by atoms with Gasteiger partial charge in [0.05, 0.1) is 4.92 Å². The third kappa shape index (κ3) is 4.27. The van der Waals surface area contributed by atoms with Gasteiger partial charge in [-0.1, -0.05) is 28.1 Å². The van der Waals surface area contributed by atoms with E-state index in [-0.39, 0.29) is 5.69 Å². The highest BCUT2D eigenvalue weighted by molar-refractivity contribution is 9.10. The Morgan fingerprint density at radius 2 is 2.10 bits per heavy atom. The molecule has 0 aliphatic carbocycles. The summed E-state index contributed by atoms with van der Waals surface area (Å²) in [6, 6.07) is 12.2. The number of hydrogen-bond donors (Lipinski definition) is 1. The van der Waals surface area contributed by atoms with Crippen molar-refractivity contribution in [3.05, 3.63) is 68.2 Å². The Bertz CT molecular complexity index is 647. The largest absolute Gasteiger partial charge is 0.489 e. The van der Waals surface area contributed by atoms with E-state index in [4.69, 9.17) is 4.74 Å². The molecule has 6 heteroatoms. The van der Waals surface area contributed by atoms with Crippen LogP contribution in [0.15, 0.2) is 46.9 Å². The molecule has 0 amide bonds. The third-order valence-electron chi connectivity index (χ3n) is 2.91. The van der Waals surface area contributed by atoms with Crippen LogP contribution < -0.4 is 10.1 Å². The first-order chi connectivity index (χ1) is 10.1. The lowest BCUT2D eigenvalue weighted by atomic mass is 10.2. The number of non-ortho nitro benzene ring substituents is 1. The van der Waals surface area contributed by atoms with E-state index in [0.717, 1.165) is 27.9 Å². The van der Waals surface area contributed by atoms with Crippen LogP contribution in [0.2, 0.25) is 0 Å². The predicted molar refractivity (Wildman–Crippen MR) is 84.3 cm³/mol. The summed E-state index contributed by atoms with van der Waals surface area (Å²) in [5.41, 5.74) is 1.93. The maximum Gasteiger partial charge on any atom is 0.269 e. The highest BCUT2D eigenvalue weighted by Crippen LogP contribution is 2.23. The quantitative estimate of drug-likeness (QED) is 0.637. The van der Waals surface area contributed by atoms with Gasteiger partial charge in [-0.15, -0.1) is 0 Å². The lowest BCUT2D eigenvalue weighted by molar-refractivity contribution is -0.384. The van der Waals surface area contributed by atoms with Crippen molar-refractivity contribution < 1.29 is 9.66 Å². The van der Waals surface area contributed by atoms with Crippen LogP contribution >= 0.6 is 15.9 Å². The highest BCUT2D eigenvalue weighted by Gasteiger charge is 2.07. The summed E-state index contributed by atoms with van der Waals surface area (Å²) in [4.78, 5) is 10.3. The molecular formula is C15H15BrN2O3. The fraction of sp³-hybridized carbons (Fsp3) is 0.200. The van der Waals surface area contributed by atoms with E-state index in [9.17, 15) is 10.1 Å². The Morgan fingerprint density at radius 3 is 2.81 bits per heavy atom. The molecule has 1 N–H and O–H groups in total. The van der Waals surface area contributed by atoms with Crippen LogP contribution in [0.5, 0.6) is 5.75 Å². The maximum atomic E-state index is 10.7. The van der Waals surface area contributed by atoms with Gasteiger partial charge in [0.15, 0.2) is 0 Å². The molecule has 21 heavy (non-hydrogen) atoms. The molecule has 0 fully saturated rings. The molecule has 0 atom stereocenters. The number of nitrogens with zero attached hydrogens (tertiary/aromatic N) is 1. The minimum Gasteiger partial charge on any atom is -0.489 e. The van der Waals surface area contributed by atoms with Crippen molar-refractivity contribution in [1.29, 1.82) is 0 Å². The van der Waals surface area contributed by atoms with Crippen molar-refractivity contribution in [2.24, 2.45) is 0 Å². The molecule has 2 rings (SSSR count). The minimum atomic E-state index is -0.409. The molecule has 0 unspecified atom stereocenters. The number of nitro benzene ring substituents is 1. The molecule has 110 valence electrons. The van der Waals surface area contributed by atoms with Crippen LogP contribution in [0.4, 0.5) is 5.69 Å². The van der Waals surface area contributed by atoms with Crippen molar-refractivity contribution in [2.45, 2.75) is 13.2 Å². The van der Waals surface area contributed by atoms with Gasteiger partial charge in [-0.05, 0) is 36.4 Å². The summed E-state index contributed by atoms with van der Waals surface area (Å²) in [5.74, 6) is 0.731. The van der Waals surface area contributed by atoms with Gasteiger partial charge >= 0.3 is 0 Å². The van der Waals surface area contributed by atoms with Crippen molar-refractivity contribution in [2.75, 3.05) is 7.05 Å². The van der Waals surface area contributed by atoms with Gasteiger partial charge < -0.3 is 10.1 Å². The van der Waals surface area contributed by atoms with Crippen LogP contribution in [0.3, 0.4) is 0 Å². The second-order valence-electron chi connectivity index (χ2n) is 4.50. The van der Waals surface area contributed by atoms with Crippen LogP contribution in [0.1, 0.15) is 11.1 Å². The van der Waals surface area contributed by atoms with Crippen molar-refractivity contribution in [1.82, 2.24) is 5.32 Å². The lowest BCUT2D eigenvalue weighted by Crippen LogP contribution is -2.06.